The highest BCUT2D eigenvalue weighted by molar-refractivity contribution is 5.83. The molecule has 0 radical (unpaired) electrons. The number of esters is 1. The van der Waals surface area contributed by atoms with E-state index in [0.29, 0.717) is 0 Å². The van der Waals surface area contributed by atoms with Gasteiger partial charge in [-0.3, -0.25) is 4.79 Å². The van der Waals surface area contributed by atoms with Gasteiger partial charge in [-0.1, -0.05) is 91.0 Å². The number of rotatable bonds is 11. The number of alkyl carbamates (subject to hydrolysis) is 1. The lowest BCUT2D eigenvalue weighted by Gasteiger charge is -2.19. The second kappa shape index (κ2) is 13.5. The minimum absolute atomic E-state index is 0.0290. The summed E-state index contributed by atoms with van der Waals surface area (Å²) in [6.45, 7) is 2.01. The highest BCUT2D eigenvalue weighted by atomic mass is 16.6. The molecule has 0 aliphatic rings. The van der Waals surface area contributed by atoms with Crippen molar-refractivity contribution >= 4 is 18.0 Å². The Labute approximate surface area is 205 Å². The Hall–Kier alpha value is -4.13. The Morgan fingerprint density at radius 3 is 1.80 bits per heavy atom. The molecule has 0 bridgehead atoms. The summed E-state index contributed by atoms with van der Waals surface area (Å²) in [7, 11) is 0. The Balaban J connectivity index is 1.55. The number of carbonyl (C=O) groups is 3. The zero-order chi connectivity index (χ0) is 24.9. The van der Waals surface area contributed by atoms with E-state index in [1.54, 1.807) is 0 Å². The fourth-order valence-electron chi connectivity index (χ4n) is 3.40. The quantitative estimate of drug-likeness (QED) is 0.394. The van der Waals surface area contributed by atoms with Gasteiger partial charge in [-0.25, -0.2) is 9.59 Å². The Kier molecular flexibility index (Phi) is 9.87. The van der Waals surface area contributed by atoms with E-state index in [9.17, 15) is 14.4 Å². The molecule has 0 aliphatic heterocycles. The van der Waals surface area contributed by atoms with Crippen molar-refractivity contribution in [3.05, 3.63) is 108 Å². The van der Waals surface area contributed by atoms with Gasteiger partial charge < -0.3 is 20.1 Å². The van der Waals surface area contributed by atoms with E-state index in [0.717, 1.165) is 16.7 Å². The molecule has 3 aromatic carbocycles. The van der Waals surface area contributed by atoms with Crippen LogP contribution in [0.1, 0.15) is 42.5 Å². The molecule has 35 heavy (non-hydrogen) atoms. The van der Waals surface area contributed by atoms with Crippen LogP contribution in [0.4, 0.5) is 4.79 Å². The standard InChI is InChI=1S/C28H30N2O5/c1-21(24-15-9-4-10-16-24)29-26(31)18-17-25(27(32)34-19-22-11-5-2-6-12-22)30-28(33)35-20-23-13-7-3-8-14-23/h2-16,21,25H,17-20H2,1H3,(H,29,31)(H,30,33)/t21-,25+/m1/s1. The third kappa shape index (κ3) is 8.97. The molecule has 0 heterocycles. The zero-order valence-electron chi connectivity index (χ0n) is 19.7. The molecule has 2 N–H and O–H groups in total. The Bertz CT molecular complexity index is 1070. The molecule has 0 saturated carbocycles. The second-order valence-corrected chi connectivity index (χ2v) is 8.09. The largest absolute Gasteiger partial charge is 0.459 e. The number of carbonyl (C=O) groups excluding carboxylic acids is 3. The van der Waals surface area contributed by atoms with Gasteiger partial charge in [0.1, 0.15) is 19.3 Å². The molecule has 0 aliphatic carbocycles. The first-order valence-corrected chi connectivity index (χ1v) is 11.5. The van der Waals surface area contributed by atoms with Crippen LogP contribution < -0.4 is 10.6 Å². The van der Waals surface area contributed by atoms with Crippen molar-refractivity contribution in [3.8, 4) is 0 Å². The fraction of sp³-hybridized carbons (Fsp3) is 0.250. The first kappa shape index (κ1) is 25.5. The van der Waals surface area contributed by atoms with Crippen LogP contribution in [-0.4, -0.2) is 24.0 Å². The number of ether oxygens (including phenoxy) is 2. The van der Waals surface area contributed by atoms with Gasteiger partial charge >= 0.3 is 12.1 Å². The minimum atomic E-state index is -1.03. The Morgan fingerprint density at radius 1 is 0.714 bits per heavy atom. The first-order valence-electron chi connectivity index (χ1n) is 11.5. The third-order valence-electron chi connectivity index (χ3n) is 5.35. The minimum Gasteiger partial charge on any atom is -0.459 e. The molecule has 0 saturated heterocycles. The number of nitrogens with one attached hydrogen (secondary N) is 2. The molecule has 0 fully saturated rings. The van der Waals surface area contributed by atoms with Gasteiger partial charge in [-0.15, -0.1) is 0 Å². The van der Waals surface area contributed by atoms with E-state index in [1.807, 2.05) is 97.9 Å². The van der Waals surface area contributed by atoms with Crippen LogP contribution in [0.3, 0.4) is 0 Å². The van der Waals surface area contributed by atoms with Gasteiger partial charge in [0.25, 0.3) is 0 Å². The van der Waals surface area contributed by atoms with E-state index in [4.69, 9.17) is 9.47 Å². The van der Waals surface area contributed by atoms with Gasteiger partial charge in [0.15, 0.2) is 0 Å². The summed E-state index contributed by atoms with van der Waals surface area (Å²) in [6, 6.07) is 26.8. The maximum absolute atomic E-state index is 12.8. The molecule has 3 aromatic rings. The van der Waals surface area contributed by atoms with Crippen LogP contribution in [0.5, 0.6) is 0 Å². The average molecular weight is 475 g/mol. The number of hydrogen-bond donors (Lipinski definition) is 2. The van der Waals surface area contributed by atoms with Crippen LogP contribution in [0.25, 0.3) is 0 Å². The molecular formula is C28H30N2O5. The highest BCUT2D eigenvalue weighted by Gasteiger charge is 2.24. The van der Waals surface area contributed by atoms with Gasteiger partial charge in [-0.05, 0) is 30.0 Å². The molecular weight excluding hydrogens is 444 g/mol. The third-order valence-corrected chi connectivity index (χ3v) is 5.35. The number of amides is 2. The molecule has 0 spiro atoms. The van der Waals surface area contributed by atoms with Crippen LogP contribution >= 0.6 is 0 Å². The average Bonchev–Trinajstić information content (AvgIpc) is 2.90. The number of hydrogen-bond acceptors (Lipinski definition) is 5. The van der Waals surface area contributed by atoms with Crippen molar-refractivity contribution in [3.63, 3.8) is 0 Å². The topological polar surface area (TPSA) is 93.7 Å². The first-order chi connectivity index (χ1) is 17.0. The van der Waals surface area contributed by atoms with Crippen molar-refractivity contribution in [2.75, 3.05) is 0 Å². The summed E-state index contributed by atoms with van der Waals surface area (Å²) in [4.78, 5) is 37.7. The predicted octanol–water partition coefficient (Wildman–Crippen LogP) is 4.68. The molecule has 2 amide bonds. The Morgan fingerprint density at radius 2 is 1.23 bits per heavy atom. The molecule has 182 valence electrons. The smallest absolute Gasteiger partial charge is 0.408 e. The predicted molar refractivity (Wildman–Crippen MR) is 132 cm³/mol. The molecule has 0 aromatic heterocycles. The SMILES string of the molecule is C[C@@H](NC(=O)CC[C@H](NC(=O)OCc1ccccc1)C(=O)OCc1ccccc1)c1ccccc1. The van der Waals surface area contributed by atoms with Gasteiger partial charge in [-0.2, -0.15) is 0 Å². The highest BCUT2D eigenvalue weighted by Crippen LogP contribution is 2.12. The lowest BCUT2D eigenvalue weighted by atomic mass is 10.1. The van der Waals surface area contributed by atoms with Crippen LogP contribution in [0, 0.1) is 0 Å². The summed E-state index contributed by atoms with van der Waals surface area (Å²) in [5.41, 5.74) is 2.61. The lowest BCUT2D eigenvalue weighted by molar-refractivity contribution is -0.147. The van der Waals surface area contributed by atoms with Crippen molar-refractivity contribution in [2.45, 2.75) is 45.1 Å². The van der Waals surface area contributed by atoms with E-state index in [2.05, 4.69) is 10.6 Å². The van der Waals surface area contributed by atoms with Crippen LogP contribution in [0.15, 0.2) is 91.0 Å². The lowest BCUT2D eigenvalue weighted by Crippen LogP contribution is -2.43. The van der Waals surface area contributed by atoms with Crippen LogP contribution in [0.2, 0.25) is 0 Å². The van der Waals surface area contributed by atoms with Crippen molar-refractivity contribution in [2.24, 2.45) is 0 Å². The summed E-state index contributed by atoms with van der Waals surface area (Å²) < 4.78 is 10.6. The summed E-state index contributed by atoms with van der Waals surface area (Å²) in [5.74, 6) is -0.865. The van der Waals surface area contributed by atoms with Crippen molar-refractivity contribution in [1.82, 2.24) is 10.6 Å². The molecule has 7 heteroatoms. The summed E-state index contributed by atoms with van der Waals surface area (Å²) in [5, 5.41) is 5.46. The molecule has 0 unspecified atom stereocenters. The zero-order valence-corrected chi connectivity index (χ0v) is 19.7. The second-order valence-electron chi connectivity index (χ2n) is 8.09. The molecule has 7 nitrogen and oxygen atoms in total. The van der Waals surface area contributed by atoms with E-state index >= 15 is 0 Å². The molecule has 2 atom stereocenters. The summed E-state index contributed by atoms with van der Waals surface area (Å²) >= 11 is 0. The van der Waals surface area contributed by atoms with E-state index in [1.165, 1.54) is 0 Å². The van der Waals surface area contributed by atoms with Crippen LogP contribution in [-0.2, 0) is 32.3 Å². The molecule has 3 rings (SSSR count). The fourth-order valence-corrected chi connectivity index (χ4v) is 3.40. The number of benzene rings is 3. The van der Waals surface area contributed by atoms with Gasteiger partial charge in [0, 0.05) is 6.42 Å². The maximum atomic E-state index is 12.8. The van der Waals surface area contributed by atoms with Gasteiger partial charge in [0.05, 0.1) is 6.04 Å². The maximum Gasteiger partial charge on any atom is 0.408 e. The van der Waals surface area contributed by atoms with Crippen molar-refractivity contribution < 1.29 is 23.9 Å². The normalized spacial score (nSPS) is 12.1. The van der Waals surface area contributed by atoms with E-state index < -0.39 is 18.1 Å². The summed E-state index contributed by atoms with van der Waals surface area (Å²) in [6.07, 6.45) is -0.656. The van der Waals surface area contributed by atoms with Gasteiger partial charge in [0.2, 0.25) is 5.91 Å². The van der Waals surface area contributed by atoms with E-state index in [-0.39, 0.29) is 38.0 Å². The monoisotopic (exact) mass is 474 g/mol. The van der Waals surface area contributed by atoms with Crippen molar-refractivity contribution in [1.29, 1.82) is 0 Å².